The first-order chi connectivity index (χ1) is 11.2. The van der Waals surface area contributed by atoms with E-state index >= 15 is 0 Å². The maximum absolute atomic E-state index is 13.8. The van der Waals surface area contributed by atoms with E-state index in [0.29, 0.717) is 11.0 Å². The molecular weight excluding hydrogens is 360 g/mol. The highest BCUT2D eigenvalue weighted by molar-refractivity contribution is 7.90. The van der Waals surface area contributed by atoms with Gasteiger partial charge < -0.3 is 0 Å². The second-order valence-electron chi connectivity index (χ2n) is 5.10. The zero-order valence-corrected chi connectivity index (χ0v) is 14.1. The fraction of sp³-hybridized carbons (Fsp3) is 0.143. The van der Waals surface area contributed by atoms with Crippen molar-refractivity contribution < 1.29 is 22.0 Å². The Bertz CT molecular complexity index is 1070. The lowest BCUT2D eigenvalue weighted by Crippen LogP contribution is -2.32. The van der Waals surface area contributed by atoms with E-state index in [0.717, 1.165) is 10.9 Å². The van der Waals surface area contributed by atoms with Gasteiger partial charge in [-0.15, -0.1) is 11.3 Å². The van der Waals surface area contributed by atoms with Crippen LogP contribution in [-0.2, 0) is 10.0 Å². The van der Waals surface area contributed by atoms with E-state index in [-0.39, 0.29) is 11.3 Å². The van der Waals surface area contributed by atoms with Crippen LogP contribution in [0.3, 0.4) is 0 Å². The minimum atomic E-state index is -4.50. The van der Waals surface area contributed by atoms with Gasteiger partial charge in [0.15, 0.2) is 4.96 Å². The van der Waals surface area contributed by atoms with Gasteiger partial charge in [0.05, 0.1) is 6.20 Å². The van der Waals surface area contributed by atoms with Crippen molar-refractivity contribution in [1.82, 2.24) is 14.1 Å². The van der Waals surface area contributed by atoms with Gasteiger partial charge in [0.2, 0.25) is 0 Å². The second kappa shape index (κ2) is 5.64. The number of hydrogen-bond donors (Lipinski definition) is 1. The van der Waals surface area contributed by atoms with Gasteiger partial charge in [-0.2, -0.15) is 0 Å². The van der Waals surface area contributed by atoms with E-state index in [1.165, 1.54) is 28.9 Å². The van der Waals surface area contributed by atoms with Crippen LogP contribution >= 0.6 is 11.3 Å². The predicted molar refractivity (Wildman–Crippen MR) is 83.6 cm³/mol. The molecule has 0 radical (unpaired) electrons. The van der Waals surface area contributed by atoms with Crippen LogP contribution in [0.25, 0.3) is 4.96 Å². The molecule has 2 heterocycles. The van der Waals surface area contributed by atoms with Crippen molar-refractivity contribution in [3.05, 3.63) is 52.3 Å². The van der Waals surface area contributed by atoms with Gasteiger partial charge in [-0.25, -0.2) is 26.9 Å². The lowest BCUT2D eigenvalue weighted by molar-refractivity contribution is 0.0975. The van der Waals surface area contributed by atoms with Gasteiger partial charge in [0.25, 0.3) is 15.9 Å². The van der Waals surface area contributed by atoms with Gasteiger partial charge >= 0.3 is 0 Å². The summed E-state index contributed by atoms with van der Waals surface area (Å²) in [5, 5.41) is 0. The molecule has 10 heteroatoms. The minimum Gasteiger partial charge on any atom is -0.286 e. The van der Waals surface area contributed by atoms with Crippen molar-refractivity contribution in [3.63, 3.8) is 0 Å². The molecule has 0 atom stereocenters. The van der Waals surface area contributed by atoms with Crippen LogP contribution in [0.4, 0.5) is 8.78 Å². The summed E-state index contributed by atoms with van der Waals surface area (Å²) >= 11 is 1.33. The number of nitrogens with zero attached hydrogens (tertiary/aromatic N) is 2. The van der Waals surface area contributed by atoms with E-state index in [9.17, 15) is 22.0 Å². The van der Waals surface area contributed by atoms with E-state index in [1.54, 1.807) is 10.9 Å². The van der Waals surface area contributed by atoms with Crippen LogP contribution < -0.4 is 4.72 Å². The van der Waals surface area contributed by atoms with E-state index in [1.807, 2.05) is 6.92 Å². The Hall–Kier alpha value is -2.33. The normalized spacial score (nSPS) is 11.8. The molecule has 24 heavy (non-hydrogen) atoms. The molecule has 0 aliphatic heterocycles. The fourth-order valence-electron chi connectivity index (χ4n) is 2.13. The number of nitrogens with one attached hydrogen (secondary N) is 1. The quantitative estimate of drug-likeness (QED) is 0.767. The van der Waals surface area contributed by atoms with Crippen LogP contribution in [0.1, 0.15) is 20.9 Å². The maximum Gasteiger partial charge on any atom is 0.283 e. The Kier molecular flexibility index (Phi) is 3.88. The minimum absolute atomic E-state index is 0.00262. The number of benzene rings is 1. The van der Waals surface area contributed by atoms with Crippen LogP contribution in [0.5, 0.6) is 0 Å². The summed E-state index contributed by atoms with van der Waals surface area (Å²) in [7, 11) is -4.50. The molecule has 0 unspecified atom stereocenters. The number of carbonyl (C=O) groups excluding carboxylic acids is 1. The third-order valence-corrected chi connectivity index (χ3v) is 5.55. The molecule has 0 fully saturated rings. The summed E-state index contributed by atoms with van der Waals surface area (Å²) < 4.78 is 54.8. The summed E-state index contributed by atoms with van der Waals surface area (Å²) in [5.74, 6) is -3.10. The first-order valence-electron chi connectivity index (χ1n) is 6.65. The van der Waals surface area contributed by atoms with Gasteiger partial charge in [0, 0.05) is 17.1 Å². The van der Waals surface area contributed by atoms with Crippen LogP contribution in [-0.4, -0.2) is 23.7 Å². The van der Waals surface area contributed by atoms with Crippen molar-refractivity contribution in [3.8, 4) is 0 Å². The number of imidazole rings is 1. The first kappa shape index (κ1) is 16.5. The molecule has 0 aliphatic carbocycles. The van der Waals surface area contributed by atoms with Crippen molar-refractivity contribution in [1.29, 1.82) is 0 Å². The monoisotopic (exact) mass is 371 g/mol. The zero-order valence-electron chi connectivity index (χ0n) is 12.5. The number of thiazole rings is 1. The predicted octanol–water partition coefficient (Wildman–Crippen LogP) is 2.41. The van der Waals surface area contributed by atoms with Gasteiger partial charge in [0.1, 0.15) is 22.2 Å². The van der Waals surface area contributed by atoms with Crippen molar-refractivity contribution >= 4 is 32.2 Å². The number of rotatable bonds is 3. The molecule has 3 aromatic rings. The fourth-order valence-corrected chi connectivity index (χ4v) is 4.04. The molecule has 6 nitrogen and oxygen atoms in total. The van der Waals surface area contributed by atoms with Crippen LogP contribution in [0.15, 0.2) is 29.4 Å². The van der Waals surface area contributed by atoms with E-state index in [4.69, 9.17) is 0 Å². The highest BCUT2D eigenvalue weighted by Gasteiger charge is 2.25. The Morgan fingerprint density at radius 3 is 2.67 bits per heavy atom. The lowest BCUT2D eigenvalue weighted by atomic mass is 10.2. The van der Waals surface area contributed by atoms with Crippen LogP contribution in [0, 0.1) is 25.5 Å². The topological polar surface area (TPSA) is 80.5 Å². The molecular formula is C14H11F2N3O3S2. The second-order valence-corrected chi connectivity index (χ2v) is 7.97. The molecule has 1 N–H and O–H groups in total. The highest BCUT2D eigenvalue weighted by Crippen LogP contribution is 2.20. The smallest absolute Gasteiger partial charge is 0.283 e. The molecule has 126 valence electrons. The van der Waals surface area contributed by atoms with Crippen molar-refractivity contribution in [2.24, 2.45) is 0 Å². The first-order valence-corrected chi connectivity index (χ1v) is 8.95. The third kappa shape index (κ3) is 2.78. The summed E-state index contributed by atoms with van der Waals surface area (Å²) in [5.41, 5.74) is -0.0541. The maximum atomic E-state index is 13.8. The molecule has 3 rings (SSSR count). The number of aromatic nitrogens is 2. The Balaban J connectivity index is 1.97. The lowest BCUT2D eigenvalue weighted by Gasteiger charge is -2.08. The number of sulfonamides is 1. The molecule has 0 saturated carbocycles. The van der Waals surface area contributed by atoms with Gasteiger partial charge in [-0.3, -0.25) is 9.20 Å². The molecule has 0 aliphatic rings. The Morgan fingerprint density at radius 1 is 1.25 bits per heavy atom. The summed E-state index contributed by atoms with van der Waals surface area (Å²) in [4.78, 5) is 16.9. The molecule has 0 bridgehead atoms. The summed E-state index contributed by atoms with van der Waals surface area (Å²) in [6.45, 7) is 3.11. The summed E-state index contributed by atoms with van der Waals surface area (Å²) in [6, 6.07) is 1.30. The number of carbonyl (C=O) groups is 1. The van der Waals surface area contributed by atoms with Gasteiger partial charge in [-0.1, -0.05) is 0 Å². The SMILES string of the molecule is Cc1cn2c(C(=O)NS(=O)(=O)c3cc(C)c(F)cc3F)cnc2s1. The average Bonchev–Trinajstić information content (AvgIpc) is 3.00. The highest BCUT2D eigenvalue weighted by atomic mass is 32.2. The standard InChI is InChI=1S/C14H11F2N3O3S2/c1-7-3-12(10(16)4-9(7)15)24(21,22)18-13(20)11-5-17-14-19(11)6-8(2)23-14/h3-6H,1-2H3,(H,18,20). The Morgan fingerprint density at radius 2 is 1.96 bits per heavy atom. The number of halogens is 2. The van der Waals surface area contributed by atoms with Gasteiger partial charge in [-0.05, 0) is 25.5 Å². The van der Waals surface area contributed by atoms with Crippen molar-refractivity contribution in [2.45, 2.75) is 18.7 Å². The summed E-state index contributed by atoms with van der Waals surface area (Å²) in [6.07, 6.45) is 2.86. The molecule has 1 amide bonds. The molecule has 0 saturated heterocycles. The molecule has 1 aromatic carbocycles. The van der Waals surface area contributed by atoms with E-state index in [2.05, 4.69) is 4.98 Å². The number of aryl methyl sites for hydroxylation is 2. The number of amides is 1. The van der Waals surface area contributed by atoms with Crippen LogP contribution in [0.2, 0.25) is 0 Å². The molecule has 2 aromatic heterocycles. The van der Waals surface area contributed by atoms with E-state index < -0.39 is 32.5 Å². The third-order valence-electron chi connectivity index (χ3n) is 3.29. The zero-order chi connectivity index (χ0) is 17.6. The Labute approximate surface area is 139 Å². The number of fused-ring (bicyclic) bond motifs is 1. The van der Waals surface area contributed by atoms with Crippen molar-refractivity contribution in [2.75, 3.05) is 0 Å². The molecule has 0 spiro atoms. The average molecular weight is 371 g/mol. The number of hydrogen-bond acceptors (Lipinski definition) is 5. The largest absolute Gasteiger partial charge is 0.286 e.